The van der Waals surface area contributed by atoms with Gasteiger partial charge in [-0.15, -0.1) is 0 Å². The van der Waals surface area contributed by atoms with Crippen molar-refractivity contribution in [3.63, 3.8) is 0 Å². The first-order valence-corrected chi connectivity index (χ1v) is 7.38. The van der Waals surface area contributed by atoms with E-state index in [2.05, 4.69) is 15.9 Å². The normalized spacial score (nSPS) is 11.2. The molecule has 100 valence electrons. The minimum Gasteiger partial charge on any atom is -0.492 e. The van der Waals surface area contributed by atoms with Crippen molar-refractivity contribution >= 4 is 31.6 Å². The van der Waals surface area contributed by atoms with Crippen LogP contribution in [0.25, 0.3) is 0 Å². The SMILES string of the molecule is NS(=O)(=O)CCCOc1cccc([N+](=O)[O-])c1Br. The van der Waals surface area contributed by atoms with E-state index < -0.39 is 14.9 Å². The summed E-state index contributed by atoms with van der Waals surface area (Å²) in [6, 6.07) is 4.37. The van der Waals surface area contributed by atoms with E-state index in [1.165, 1.54) is 12.1 Å². The van der Waals surface area contributed by atoms with Gasteiger partial charge in [0.05, 0.1) is 17.3 Å². The number of ether oxygens (including phenoxy) is 1. The Morgan fingerprint density at radius 1 is 1.44 bits per heavy atom. The van der Waals surface area contributed by atoms with Crippen LogP contribution in [0.4, 0.5) is 5.69 Å². The van der Waals surface area contributed by atoms with Crippen molar-refractivity contribution in [2.75, 3.05) is 12.4 Å². The zero-order valence-electron chi connectivity index (χ0n) is 9.21. The summed E-state index contributed by atoms with van der Waals surface area (Å²) < 4.78 is 26.8. The molecule has 0 amide bonds. The van der Waals surface area contributed by atoms with Crippen molar-refractivity contribution < 1.29 is 18.1 Å². The van der Waals surface area contributed by atoms with E-state index in [9.17, 15) is 18.5 Å². The van der Waals surface area contributed by atoms with E-state index in [1.54, 1.807) is 6.07 Å². The predicted molar refractivity (Wildman–Crippen MR) is 68.9 cm³/mol. The van der Waals surface area contributed by atoms with Crippen molar-refractivity contribution in [2.24, 2.45) is 5.14 Å². The Morgan fingerprint density at radius 2 is 2.11 bits per heavy atom. The van der Waals surface area contributed by atoms with E-state index in [4.69, 9.17) is 9.88 Å². The second-order valence-electron chi connectivity index (χ2n) is 3.42. The van der Waals surface area contributed by atoms with Gasteiger partial charge in [-0.25, -0.2) is 13.6 Å². The fourth-order valence-electron chi connectivity index (χ4n) is 1.19. The quantitative estimate of drug-likeness (QED) is 0.478. The Kier molecular flexibility index (Phi) is 5.05. The maximum absolute atomic E-state index is 10.7. The fourth-order valence-corrected chi connectivity index (χ4v) is 2.24. The first kappa shape index (κ1) is 14.9. The molecule has 0 fully saturated rings. The monoisotopic (exact) mass is 338 g/mol. The Balaban J connectivity index is 2.63. The van der Waals surface area contributed by atoms with Crippen LogP contribution in [0.2, 0.25) is 0 Å². The second-order valence-corrected chi connectivity index (χ2v) is 5.94. The van der Waals surface area contributed by atoms with Gasteiger partial charge in [0.15, 0.2) is 0 Å². The molecular formula is C9H11BrN2O5S. The van der Waals surface area contributed by atoms with Gasteiger partial charge in [-0.2, -0.15) is 0 Å². The summed E-state index contributed by atoms with van der Waals surface area (Å²) in [7, 11) is -3.51. The molecule has 0 spiro atoms. The highest BCUT2D eigenvalue weighted by molar-refractivity contribution is 9.10. The summed E-state index contributed by atoms with van der Waals surface area (Å²) in [6.45, 7) is 0.107. The lowest BCUT2D eigenvalue weighted by molar-refractivity contribution is -0.385. The molecule has 1 aromatic carbocycles. The van der Waals surface area contributed by atoms with Crippen LogP contribution in [0.15, 0.2) is 22.7 Å². The average molecular weight is 339 g/mol. The summed E-state index contributed by atoms with van der Waals surface area (Å²) in [5.74, 6) is 0.0955. The molecule has 18 heavy (non-hydrogen) atoms. The largest absolute Gasteiger partial charge is 0.492 e. The number of rotatable bonds is 6. The van der Waals surface area contributed by atoms with Gasteiger partial charge in [-0.1, -0.05) is 6.07 Å². The number of hydrogen-bond donors (Lipinski definition) is 1. The smallest absolute Gasteiger partial charge is 0.287 e. The minimum absolute atomic E-state index is 0.107. The first-order valence-electron chi connectivity index (χ1n) is 4.87. The number of benzene rings is 1. The lowest BCUT2D eigenvalue weighted by Crippen LogP contribution is -2.18. The number of halogens is 1. The molecule has 0 atom stereocenters. The Bertz CT molecular complexity index is 546. The van der Waals surface area contributed by atoms with Crippen LogP contribution in [0, 0.1) is 10.1 Å². The van der Waals surface area contributed by atoms with Crippen molar-refractivity contribution in [2.45, 2.75) is 6.42 Å². The fraction of sp³-hybridized carbons (Fsp3) is 0.333. The highest BCUT2D eigenvalue weighted by Crippen LogP contribution is 2.33. The molecule has 7 nitrogen and oxygen atoms in total. The summed E-state index contributed by atoms with van der Waals surface area (Å²) in [5, 5.41) is 15.5. The van der Waals surface area contributed by atoms with Crippen LogP contribution < -0.4 is 9.88 Å². The topological polar surface area (TPSA) is 113 Å². The van der Waals surface area contributed by atoms with E-state index in [-0.39, 0.29) is 28.9 Å². The van der Waals surface area contributed by atoms with Crippen LogP contribution in [0.3, 0.4) is 0 Å². The second kappa shape index (κ2) is 6.12. The van der Waals surface area contributed by atoms with Gasteiger partial charge in [-0.3, -0.25) is 10.1 Å². The van der Waals surface area contributed by atoms with Crippen LogP contribution >= 0.6 is 15.9 Å². The van der Waals surface area contributed by atoms with Gasteiger partial charge in [0.1, 0.15) is 10.2 Å². The summed E-state index contributed by atoms with van der Waals surface area (Å²) in [5.41, 5.74) is -0.112. The summed E-state index contributed by atoms with van der Waals surface area (Å²) in [4.78, 5) is 10.1. The number of primary sulfonamides is 1. The van der Waals surface area contributed by atoms with Crippen LogP contribution in [-0.2, 0) is 10.0 Å². The molecule has 0 aliphatic rings. The highest BCUT2D eigenvalue weighted by atomic mass is 79.9. The highest BCUT2D eigenvalue weighted by Gasteiger charge is 2.15. The Morgan fingerprint density at radius 3 is 2.67 bits per heavy atom. The third kappa shape index (κ3) is 4.59. The minimum atomic E-state index is -3.51. The van der Waals surface area contributed by atoms with E-state index in [0.29, 0.717) is 5.75 Å². The molecule has 0 bridgehead atoms. The Labute approximate surface area is 112 Å². The van der Waals surface area contributed by atoms with Gasteiger partial charge in [0, 0.05) is 6.07 Å². The van der Waals surface area contributed by atoms with Crippen molar-refractivity contribution in [1.29, 1.82) is 0 Å². The number of hydrogen-bond acceptors (Lipinski definition) is 5. The molecule has 0 aliphatic carbocycles. The maximum atomic E-state index is 10.7. The predicted octanol–water partition coefficient (Wildman–Crippen LogP) is 1.41. The third-order valence-corrected chi connectivity index (χ3v) is 3.63. The number of nitro benzene ring substituents is 1. The van der Waals surface area contributed by atoms with Crippen LogP contribution in [0.1, 0.15) is 6.42 Å². The van der Waals surface area contributed by atoms with Gasteiger partial charge in [-0.05, 0) is 28.4 Å². The molecular weight excluding hydrogens is 328 g/mol. The summed E-state index contributed by atoms with van der Waals surface area (Å²) >= 11 is 3.06. The number of nitrogens with zero attached hydrogens (tertiary/aromatic N) is 1. The van der Waals surface area contributed by atoms with Gasteiger partial charge in [0.25, 0.3) is 5.69 Å². The lowest BCUT2D eigenvalue weighted by atomic mass is 10.3. The van der Waals surface area contributed by atoms with Crippen molar-refractivity contribution in [3.05, 3.63) is 32.8 Å². The molecule has 0 heterocycles. The van der Waals surface area contributed by atoms with E-state index in [0.717, 1.165) is 0 Å². The molecule has 9 heteroatoms. The van der Waals surface area contributed by atoms with Gasteiger partial charge >= 0.3 is 0 Å². The molecule has 0 aromatic heterocycles. The van der Waals surface area contributed by atoms with Crippen LogP contribution in [0.5, 0.6) is 5.75 Å². The zero-order chi connectivity index (χ0) is 13.8. The lowest BCUT2D eigenvalue weighted by Gasteiger charge is -2.07. The zero-order valence-corrected chi connectivity index (χ0v) is 11.6. The number of nitro groups is 1. The standard InChI is InChI=1S/C9H11BrN2O5S/c10-9-7(12(13)14)3-1-4-8(9)17-5-2-6-18(11,15)16/h1,3-4H,2,5-6H2,(H2,11,15,16). The van der Waals surface area contributed by atoms with Crippen molar-refractivity contribution in [1.82, 2.24) is 0 Å². The molecule has 2 N–H and O–H groups in total. The molecule has 1 aromatic rings. The van der Waals surface area contributed by atoms with Crippen molar-refractivity contribution in [3.8, 4) is 5.75 Å². The molecule has 0 saturated heterocycles. The molecule has 0 aliphatic heterocycles. The van der Waals surface area contributed by atoms with Gasteiger partial charge < -0.3 is 4.74 Å². The molecule has 0 unspecified atom stereocenters. The number of nitrogens with two attached hydrogens (primary N) is 1. The maximum Gasteiger partial charge on any atom is 0.287 e. The molecule has 0 saturated carbocycles. The molecule has 0 radical (unpaired) electrons. The molecule has 1 rings (SSSR count). The average Bonchev–Trinajstić information content (AvgIpc) is 2.24. The van der Waals surface area contributed by atoms with E-state index >= 15 is 0 Å². The first-order chi connectivity index (χ1) is 8.31. The van der Waals surface area contributed by atoms with E-state index in [1.807, 2.05) is 0 Å². The number of sulfonamides is 1. The van der Waals surface area contributed by atoms with Crippen LogP contribution in [-0.4, -0.2) is 25.7 Å². The Hall–Kier alpha value is -1.19. The summed E-state index contributed by atoms with van der Waals surface area (Å²) in [6.07, 6.45) is 0.216. The third-order valence-electron chi connectivity index (χ3n) is 1.97. The van der Waals surface area contributed by atoms with Gasteiger partial charge in [0.2, 0.25) is 10.0 Å².